The number of unbranched alkanes of at least 4 members (excludes halogenated alkanes) is 2. The summed E-state index contributed by atoms with van der Waals surface area (Å²) < 4.78 is 16.0. The van der Waals surface area contributed by atoms with Gasteiger partial charge in [-0.2, -0.15) is 0 Å². The second-order valence-corrected chi connectivity index (χ2v) is 5.85. The van der Waals surface area contributed by atoms with Gasteiger partial charge >= 0.3 is 139 Å². The monoisotopic (exact) mass is 407 g/mol. The summed E-state index contributed by atoms with van der Waals surface area (Å²) in [6.07, 6.45) is 2.29. The summed E-state index contributed by atoms with van der Waals surface area (Å²) in [7, 11) is 0. The van der Waals surface area contributed by atoms with Crippen molar-refractivity contribution in [1.82, 2.24) is 0 Å². The first-order chi connectivity index (χ1) is 9.86. The quantitative estimate of drug-likeness (QED) is 0.237. The fraction of sp³-hybridized carbons (Fsp3) is 0.786. The first-order valence-corrected chi connectivity index (χ1v) is 9.01. The number of rotatable bonds is 10. The molecule has 0 saturated carbocycles. The molecule has 119 valence electrons. The van der Waals surface area contributed by atoms with E-state index in [2.05, 4.69) is 0 Å². The molecule has 0 fully saturated rings. The molecule has 21 heavy (non-hydrogen) atoms. The van der Waals surface area contributed by atoms with Crippen molar-refractivity contribution in [3.8, 4) is 0 Å². The van der Waals surface area contributed by atoms with Crippen LogP contribution >= 0.6 is 0 Å². The predicted octanol–water partition coefficient (Wildman–Crippen LogP) is 1.56. The number of esters is 3. The molecule has 3 radical (unpaired) electrons. The summed E-state index contributed by atoms with van der Waals surface area (Å²) in [5, 5.41) is 0. The van der Waals surface area contributed by atoms with Crippen molar-refractivity contribution < 1.29 is 28.6 Å². The van der Waals surface area contributed by atoms with Gasteiger partial charge in [-0.05, 0) is 0 Å². The summed E-state index contributed by atoms with van der Waals surface area (Å²) in [5.74, 6) is -1.02. The summed E-state index contributed by atoms with van der Waals surface area (Å²) in [5.41, 5.74) is 0. The molecule has 0 amide bonds. The van der Waals surface area contributed by atoms with Gasteiger partial charge in [0.1, 0.15) is 0 Å². The Balaban J connectivity index is 4.19. The van der Waals surface area contributed by atoms with E-state index in [9.17, 15) is 14.4 Å². The van der Waals surface area contributed by atoms with Gasteiger partial charge in [-0.15, -0.1) is 0 Å². The maximum atomic E-state index is 11.2. The van der Waals surface area contributed by atoms with Crippen LogP contribution in [0.1, 0.15) is 46.5 Å². The molecule has 0 rings (SSSR count). The number of carbonyl (C=O) groups excluding carboxylic acids is 3. The molecule has 0 aromatic rings. The van der Waals surface area contributed by atoms with Crippen LogP contribution in [0.15, 0.2) is 0 Å². The van der Waals surface area contributed by atoms with Crippen molar-refractivity contribution in [2.24, 2.45) is 0 Å². The van der Waals surface area contributed by atoms with Crippen LogP contribution < -0.4 is 0 Å². The van der Waals surface area contributed by atoms with E-state index in [1.54, 1.807) is 0 Å². The van der Waals surface area contributed by atoms with E-state index in [0.717, 1.165) is 19.3 Å². The van der Waals surface area contributed by atoms with Crippen molar-refractivity contribution in [3.63, 3.8) is 0 Å². The van der Waals surface area contributed by atoms with E-state index in [0.29, 0.717) is 17.5 Å². The third-order valence-corrected chi connectivity index (χ3v) is 3.84. The average Bonchev–Trinajstić information content (AvgIpc) is 2.37. The number of carbonyl (C=O) groups is 3. The van der Waals surface area contributed by atoms with Crippen molar-refractivity contribution in [3.05, 3.63) is 0 Å². The molecule has 0 heterocycles. The standard InChI is InChI=1S/C14H23O6.Sn/c1-10(19-12(3)16)14(20-13(4)17)8-6-5-7-9-18-11(2)15;/h10,14H,1,5-9H2,2-4H3;. The zero-order valence-electron chi connectivity index (χ0n) is 12.8. The molecule has 2 unspecified atom stereocenters. The fourth-order valence-electron chi connectivity index (χ4n) is 1.84. The minimum atomic E-state index is -0.403. The molecule has 0 aliphatic rings. The molecule has 0 N–H and O–H groups in total. The molecule has 2 atom stereocenters. The zero-order valence-corrected chi connectivity index (χ0v) is 15.7. The maximum absolute atomic E-state index is 11.2. The molecule has 0 aliphatic heterocycles. The Bertz CT molecular complexity index is 344. The molecular weight excluding hydrogens is 383 g/mol. The average molecular weight is 406 g/mol. The summed E-state index contributed by atoms with van der Waals surface area (Å²) in [6, 6.07) is 0. The summed E-state index contributed by atoms with van der Waals surface area (Å²) in [4.78, 5) is 32.8. The Morgan fingerprint density at radius 2 is 1.43 bits per heavy atom. The number of ether oxygens (including phenoxy) is 3. The Morgan fingerprint density at radius 3 is 1.90 bits per heavy atom. The van der Waals surface area contributed by atoms with Crippen LogP contribution in [0.3, 0.4) is 0 Å². The van der Waals surface area contributed by atoms with E-state index in [1.165, 1.54) is 43.3 Å². The van der Waals surface area contributed by atoms with Gasteiger partial charge in [-0.3, -0.25) is 0 Å². The second kappa shape index (κ2) is 11.8. The predicted molar refractivity (Wildman–Crippen MR) is 76.8 cm³/mol. The molecule has 7 heteroatoms. The molecule has 0 bridgehead atoms. The van der Waals surface area contributed by atoms with Gasteiger partial charge in [0, 0.05) is 0 Å². The van der Waals surface area contributed by atoms with E-state index in [1.807, 2.05) is 0 Å². The van der Waals surface area contributed by atoms with E-state index in [4.69, 9.17) is 14.2 Å². The van der Waals surface area contributed by atoms with E-state index in [-0.39, 0.29) is 24.0 Å². The first-order valence-electron chi connectivity index (χ1n) is 6.99. The van der Waals surface area contributed by atoms with Crippen LogP contribution in [-0.2, 0) is 28.6 Å². The summed E-state index contributed by atoms with van der Waals surface area (Å²) in [6.45, 7) is 4.48. The van der Waals surface area contributed by atoms with Crippen LogP contribution in [0.5, 0.6) is 0 Å². The molecule has 0 aromatic heterocycles. The van der Waals surface area contributed by atoms with Crippen LogP contribution in [0.2, 0.25) is 4.44 Å². The molecule has 0 aromatic carbocycles. The Morgan fingerprint density at radius 1 is 0.857 bits per heavy atom. The van der Waals surface area contributed by atoms with Gasteiger partial charge in [-0.1, -0.05) is 0 Å². The van der Waals surface area contributed by atoms with Gasteiger partial charge in [-0.25, -0.2) is 0 Å². The zero-order chi connectivity index (χ0) is 16.3. The van der Waals surface area contributed by atoms with Crippen molar-refractivity contribution in [2.75, 3.05) is 6.61 Å². The molecule has 0 saturated heterocycles. The molecule has 0 spiro atoms. The van der Waals surface area contributed by atoms with Gasteiger partial charge in [0.05, 0.1) is 0 Å². The molecule has 6 nitrogen and oxygen atoms in total. The van der Waals surface area contributed by atoms with Crippen LogP contribution in [-0.4, -0.2) is 59.2 Å². The van der Waals surface area contributed by atoms with Crippen molar-refractivity contribution >= 4 is 40.4 Å². The van der Waals surface area contributed by atoms with Crippen molar-refractivity contribution in [1.29, 1.82) is 0 Å². The third-order valence-electron chi connectivity index (χ3n) is 2.69. The van der Waals surface area contributed by atoms with Gasteiger partial charge in [0.15, 0.2) is 0 Å². The third kappa shape index (κ3) is 11.5. The topological polar surface area (TPSA) is 78.9 Å². The Kier molecular flexibility index (Phi) is 11.4. The van der Waals surface area contributed by atoms with Crippen LogP contribution in [0.4, 0.5) is 0 Å². The Labute approximate surface area is 139 Å². The van der Waals surface area contributed by atoms with Crippen LogP contribution in [0.25, 0.3) is 0 Å². The minimum absolute atomic E-state index is 0.281. The fourth-order valence-corrected chi connectivity index (χ4v) is 2.82. The van der Waals surface area contributed by atoms with Gasteiger partial charge < -0.3 is 0 Å². The van der Waals surface area contributed by atoms with Gasteiger partial charge in [0.25, 0.3) is 0 Å². The second-order valence-electron chi connectivity index (χ2n) is 4.69. The molecular formula is C14H23O6Sn. The van der Waals surface area contributed by atoms with Gasteiger partial charge in [0.2, 0.25) is 0 Å². The normalized spacial score (nSPS) is 13.1. The number of hydrogen-bond acceptors (Lipinski definition) is 6. The van der Waals surface area contributed by atoms with E-state index < -0.39 is 6.10 Å². The summed E-state index contributed by atoms with van der Waals surface area (Å²) >= 11 is 1.22. The number of hydrogen-bond donors (Lipinski definition) is 0. The van der Waals surface area contributed by atoms with E-state index >= 15 is 0 Å². The SMILES string of the molecule is CC(=O)OCCCCCC(OC(C)=O)C([CH2][Sn])OC(C)=O. The van der Waals surface area contributed by atoms with Crippen LogP contribution in [0, 0.1) is 0 Å². The van der Waals surface area contributed by atoms with Crippen molar-refractivity contribution in [2.45, 2.75) is 63.1 Å². The molecule has 0 aliphatic carbocycles. The Hall–Kier alpha value is -0.791. The first kappa shape index (κ1) is 20.2.